The maximum atomic E-state index is 13.3. The average molecular weight is 605 g/mol. The van der Waals surface area contributed by atoms with Crippen LogP contribution in [0.25, 0.3) is 6.08 Å². The molecule has 41 heavy (non-hydrogen) atoms. The van der Waals surface area contributed by atoms with Crippen LogP contribution in [0.5, 0.6) is 0 Å². The zero-order valence-electron chi connectivity index (χ0n) is 22.3. The highest BCUT2D eigenvalue weighted by atomic mass is 35.5. The third-order valence-corrected chi connectivity index (χ3v) is 7.57. The van der Waals surface area contributed by atoms with Gasteiger partial charge in [0.15, 0.2) is 0 Å². The van der Waals surface area contributed by atoms with E-state index >= 15 is 0 Å². The first-order chi connectivity index (χ1) is 19.7. The lowest BCUT2D eigenvalue weighted by Crippen LogP contribution is -2.30. The molecule has 6 nitrogen and oxygen atoms in total. The first-order valence-corrected chi connectivity index (χ1v) is 14.3. The quantitative estimate of drug-likeness (QED) is 0.134. The summed E-state index contributed by atoms with van der Waals surface area (Å²) in [6, 6.07) is 28.3. The van der Waals surface area contributed by atoms with E-state index in [-0.39, 0.29) is 11.6 Å². The van der Waals surface area contributed by atoms with Crippen molar-refractivity contribution in [3.8, 4) is 0 Å². The standard InChI is InChI=1S/C32H27Cl2N3O3S/c1-20-8-10-22(11-9-20)18-29(37-31(39)23-6-4-3-5-7-23)32(40)35-25-13-15-26(16-14-25)41-21(2)30(38)36-28-19-24(33)12-17-27(28)34/h3-19,21H,1-2H3,(H,35,40)(H,36,38)(H,37,39)/b29-18-. The molecule has 208 valence electrons. The monoisotopic (exact) mass is 603 g/mol. The number of hydrogen-bond donors (Lipinski definition) is 3. The Labute approximate surface area is 253 Å². The highest BCUT2D eigenvalue weighted by Gasteiger charge is 2.18. The van der Waals surface area contributed by atoms with E-state index in [0.29, 0.717) is 27.0 Å². The predicted molar refractivity (Wildman–Crippen MR) is 169 cm³/mol. The van der Waals surface area contributed by atoms with Crippen LogP contribution in [0.3, 0.4) is 0 Å². The summed E-state index contributed by atoms with van der Waals surface area (Å²) in [6.45, 7) is 3.76. The topological polar surface area (TPSA) is 87.3 Å². The van der Waals surface area contributed by atoms with Gasteiger partial charge < -0.3 is 16.0 Å². The molecule has 4 aromatic carbocycles. The molecule has 0 aliphatic carbocycles. The lowest BCUT2D eigenvalue weighted by Gasteiger charge is -2.14. The van der Waals surface area contributed by atoms with Gasteiger partial charge in [0, 0.05) is 21.2 Å². The number of amides is 3. The Morgan fingerprint density at radius 3 is 2.20 bits per heavy atom. The first kappa shape index (κ1) is 29.9. The van der Waals surface area contributed by atoms with E-state index < -0.39 is 17.1 Å². The Balaban J connectivity index is 1.43. The fraction of sp³-hybridized carbons (Fsp3) is 0.0938. The summed E-state index contributed by atoms with van der Waals surface area (Å²) in [4.78, 5) is 39.6. The van der Waals surface area contributed by atoms with Crippen LogP contribution in [-0.2, 0) is 9.59 Å². The largest absolute Gasteiger partial charge is 0.324 e. The summed E-state index contributed by atoms with van der Waals surface area (Å²) >= 11 is 13.5. The zero-order valence-corrected chi connectivity index (χ0v) is 24.6. The van der Waals surface area contributed by atoms with Gasteiger partial charge in [-0.2, -0.15) is 0 Å². The van der Waals surface area contributed by atoms with Crippen molar-refractivity contribution in [1.29, 1.82) is 0 Å². The highest BCUT2D eigenvalue weighted by molar-refractivity contribution is 8.00. The molecule has 4 rings (SSSR count). The van der Waals surface area contributed by atoms with Gasteiger partial charge in [-0.05, 0) is 80.1 Å². The Bertz CT molecular complexity index is 1570. The van der Waals surface area contributed by atoms with Gasteiger partial charge in [-0.1, -0.05) is 71.2 Å². The van der Waals surface area contributed by atoms with Crippen LogP contribution < -0.4 is 16.0 Å². The summed E-state index contributed by atoms with van der Waals surface area (Å²) < 4.78 is 0. The van der Waals surface area contributed by atoms with Crippen LogP contribution in [0.15, 0.2) is 108 Å². The van der Waals surface area contributed by atoms with Gasteiger partial charge in [-0.15, -0.1) is 11.8 Å². The molecule has 0 heterocycles. The van der Waals surface area contributed by atoms with Crippen LogP contribution >= 0.6 is 35.0 Å². The number of benzene rings is 4. The Hall–Kier alpha value is -4.04. The molecular weight excluding hydrogens is 577 g/mol. The van der Waals surface area contributed by atoms with E-state index in [4.69, 9.17) is 23.2 Å². The maximum Gasteiger partial charge on any atom is 0.272 e. The summed E-state index contributed by atoms with van der Waals surface area (Å²) in [5.74, 6) is -1.09. The Kier molecular flexibility index (Phi) is 10.2. The molecular formula is C32H27Cl2N3O3S. The van der Waals surface area contributed by atoms with Crippen molar-refractivity contribution in [1.82, 2.24) is 5.32 Å². The van der Waals surface area contributed by atoms with E-state index in [9.17, 15) is 14.4 Å². The number of thioether (sulfide) groups is 1. The lowest BCUT2D eigenvalue weighted by atomic mass is 10.1. The van der Waals surface area contributed by atoms with Gasteiger partial charge in [-0.3, -0.25) is 14.4 Å². The molecule has 0 bridgehead atoms. The highest BCUT2D eigenvalue weighted by Crippen LogP contribution is 2.29. The van der Waals surface area contributed by atoms with Gasteiger partial charge in [0.1, 0.15) is 5.70 Å². The normalized spacial score (nSPS) is 11.9. The first-order valence-electron chi connectivity index (χ1n) is 12.7. The van der Waals surface area contributed by atoms with Crippen LogP contribution in [0.4, 0.5) is 11.4 Å². The number of rotatable bonds is 9. The second-order valence-electron chi connectivity index (χ2n) is 9.14. The van der Waals surface area contributed by atoms with Crippen molar-refractivity contribution >= 4 is 70.1 Å². The molecule has 3 amide bonds. The van der Waals surface area contributed by atoms with Crippen molar-refractivity contribution in [3.05, 3.63) is 129 Å². The lowest BCUT2D eigenvalue weighted by molar-refractivity contribution is -0.115. The molecule has 0 aromatic heterocycles. The maximum absolute atomic E-state index is 13.3. The zero-order chi connectivity index (χ0) is 29.4. The number of anilines is 2. The van der Waals surface area contributed by atoms with Crippen molar-refractivity contribution in [2.24, 2.45) is 0 Å². The SMILES string of the molecule is Cc1ccc(/C=C(\NC(=O)c2ccccc2)C(=O)Nc2ccc(SC(C)C(=O)Nc3cc(Cl)ccc3Cl)cc2)cc1. The number of halogens is 2. The van der Waals surface area contributed by atoms with E-state index in [1.807, 2.05) is 49.4 Å². The molecule has 0 saturated carbocycles. The second kappa shape index (κ2) is 14.0. The minimum Gasteiger partial charge on any atom is -0.324 e. The van der Waals surface area contributed by atoms with Gasteiger partial charge in [-0.25, -0.2) is 0 Å². The molecule has 4 aromatic rings. The van der Waals surface area contributed by atoms with E-state index in [1.165, 1.54) is 11.8 Å². The van der Waals surface area contributed by atoms with Crippen molar-refractivity contribution in [2.75, 3.05) is 10.6 Å². The van der Waals surface area contributed by atoms with Crippen molar-refractivity contribution in [3.63, 3.8) is 0 Å². The molecule has 0 radical (unpaired) electrons. The fourth-order valence-corrected chi connectivity index (χ4v) is 4.88. The summed E-state index contributed by atoms with van der Waals surface area (Å²) in [7, 11) is 0. The number of nitrogens with one attached hydrogen (secondary N) is 3. The second-order valence-corrected chi connectivity index (χ2v) is 11.4. The molecule has 1 atom stereocenters. The molecule has 0 aliphatic heterocycles. The van der Waals surface area contributed by atoms with Gasteiger partial charge in [0.2, 0.25) is 5.91 Å². The molecule has 0 aliphatic rings. The average Bonchev–Trinajstić information content (AvgIpc) is 2.97. The van der Waals surface area contributed by atoms with Crippen LogP contribution in [0.2, 0.25) is 10.0 Å². The molecule has 1 unspecified atom stereocenters. The van der Waals surface area contributed by atoms with Crippen molar-refractivity contribution < 1.29 is 14.4 Å². The number of hydrogen-bond acceptors (Lipinski definition) is 4. The third-order valence-electron chi connectivity index (χ3n) is 5.90. The van der Waals surface area contributed by atoms with Gasteiger partial charge in [0.25, 0.3) is 11.8 Å². The van der Waals surface area contributed by atoms with Gasteiger partial charge in [0.05, 0.1) is 16.0 Å². The summed E-state index contributed by atoms with van der Waals surface area (Å²) in [5, 5.41) is 8.82. The predicted octanol–water partition coefficient (Wildman–Crippen LogP) is 7.83. The molecule has 0 fully saturated rings. The van der Waals surface area contributed by atoms with Crippen LogP contribution in [-0.4, -0.2) is 23.0 Å². The smallest absolute Gasteiger partial charge is 0.272 e. The third kappa shape index (κ3) is 8.72. The molecule has 3 N–H and O–H groups in total. The Morgan fingerprint density at radius 2 is 1.51 bits per heavy atom. The Morgan fingerprint density at radius 1 is 0.829 bits per heavy atom. The van der Waals surface area contributed by atoms with Crippen LogP contribution in [0, 0.1) is 6.92 Å². The number of carbonyl (C=O) groups excluding carboxylic acids is 3. The molecule has 0 saturated heterocycles. The van der Waals surface area contributed by atoms with Crippen molar-refractivity contribution in [2.45, 2.75) is 24.0 Å². The van der Waals surface area contributed by atoms with Gasteiger partial charge >= 0.3 is 0 Å². The van der Waals surface area contributed by atoms with E-state index in [0.717, 1.165) is 16.0 Å². The molecule has 9 heteroatoms. The minimum atomic E-state index is -0.471. The summed E-state index contributed by atoms with van der Waals surface area (Å²) in [6.07, 6.45) is 1.63. The number of carbonyl (C=O) groups is 3. The van der Waals surface area contributed by atoms with E-state index in [1.54, 1.807) is 67.6 Å². The molecule has 0 spiro atoms. The van der Waals surface area contributed by atoms with E-state index in [2.05, 4.69) is 16.0 Å². The fourth-order valence-electron chi connectivity index (χ4n) is 3.67. The number of aryl methyl sites for hydroxylation is 1. The van der Waals surface area contributed by atoms with Crippen LogP contribution in [0.1, 0.15) is 28.4 Å². The summed E-state index contributed by atoms with van der Waals surface area (Å²) in [5.41, 5.74) is 3.37. The minimum absolute atomic E-state index is 0.103.